The van der Waals surface area contributed by atoms with Crippen molar-refractivity contribution in [2.24, 2.45) is 21.6 Å². The third-order valence-electron chi connectivity index (χ3n) is 4.28. The van der Waals surface area contributed by atoms with Crippen molar-refractivity contribution in [3.63, 3.8) is 0 Å². The molecule has 4 N–H and O–H groups in total. The Kier molecular flexibility index (Phi) is 4.47. The first kappa shape index (κ1) is 18.3. The van der Waals surface area contributed by atoms with E-state index in [0.29, 0.717) is 24.7 Å². The lowest BCUT2D eigenvalue weighted by atomic mass is 9.99. The highest BCUT2D eigenvalue weighted by Crippen LogP contribution is 2.30. The largest absolute Gasteiger partial charge is 0.433 e. The molecule has 2 aromatic heterocycles. The molecule has 1 fully saturated rings. The van der Waals surface area contributed by atoms with Gasteiger partial charge >= 0.3 is 6.18 Å². The van der Waals surface area contributed by atoms with Crippen LogP contribution in [0.4, 0.5) is 18.9 Å². The zero-order valence-corrected chi connectivity index (χ0v) is 14.4. The first-order valence-electron chi connectivity index (χ1n) is 8.38. The molecule has 0 radical (unpaired) electrons. The number of nitrogens with one attached hydrogen (secondary N) is 2. The highest BCUT2D eigenvalue weighted by atomic mass is 19.4. The minimum absolute atomic E-state index is 0.156. The van der Waals surface area contributed by atoms with Crippen LogP contribution in [0.15, 0.2) is 52.7 Å². The Balaban J connectivity index is 1.65. The van der Waals surface area contributed by atoms with Gasteiger partial charge in [-0.3, -0.25) is 15.7 Å². The Morgan fingerprint density at radius 3 is 2.61 bits per heavy atom. The summed E-state index contributed by atoms with van der Waals surface area (Å²) < 4.78 is 43.9. The van der Waals surface area contributed by atoms with Crippen LogP contribution < -0.4 is 16.4 Å². The second-order valence-electron chi connectivity index (χ2n) is 6.33. The quantitative estimate of drug-likeness (QED) is 0.733. The molecule has 146 valence electrons. The van der Waals surface area contributed by atoms with Gasteiger partial charge in [0.25, 0.3) is 0 Å². The number of anilines is 1. The summed E-state index contributed by atoms with van der Waals surface area (Å²) in [7, 11) is 0. The summed E-state index contributed by atoms with van der Waals surface area (Å²) in [6.45, 7) is 0.777. The van der Waals surface area contributed by atoms with E-state index >= 15 is 0 Å². The number of pyridine rings is 2. The monoisotopic (exact) mass is 391 g/mol. The number of halogens is 3. The molecule has 11 heteroatoms. The topological polar surface area (TPSA) is 110 Å². The number of hydrogen-bond donors (Lipinski definition) is 3. The van der Waals surface area contributed by atoms with Crippen molar-refractivity contribution >= 4 is 17.5 Å². The van der Waals surface area contributed by atoms with E-state index in [0.717, 1.165) is 12.3 Å². The zero-order valence-electron chi connectivity index (χ0n) is 14.4. The number of aromatic nitrogens is 2. The highest BCUT2D eigenvalue weighted by Gasteiger charge is 2.43. The minimum Gasteiger partial charge on any atom is -0.380 e. The molecule has 1 atom stereocenters. The van der Waals surface area contributed by atoms with Crippen molar-refractivity contribution in [3.05, 3.63) is 54.1 Å². The Labute approximate surface area is 157 Å². The summed E-state index contributed by atoms with van der Waals surface area (Å²) in [6.07, 6.45) is -1.89. The average Bonchev–Trinajstić information content (AvgIpc) is 2.59. The van der Waals surface area contributed by atoms with Gasteiger partial charge in [0, 0.05) is 18.1 Å². The number of ether oxygens (including phenoxy) is 1. The number of aliphatic imine (C=N–C) groups is 2. The lowest BCUT2D eigenvalue weighted by molar-refractivity contribution is -0.141. The van der Waals surface area contributed by atoms with E-state index in [9.17, 15) is 13.2 Å². The number of hydrogen-bond acceptors (Lipinski definition) is 8. The van der Waals surface area contributed by atoms with Crippen LogP contribution in [0.5, 0.6) is 0 Å². The SMILES string of the molecule is NC1(C2COC2)N=C(Nc2ccnc(C(F)(F)F)c2)NC(c2ccccn2)=N1. The molecule has 0 amide bonds. The lowest BCUT2D eigenvalue weighted by Gasteiger charge is -2.39. The summed E-state index contributed by atoms with van der Waals surface area (Å²) in [6, 6.07) is 7.57. The molecule has 1 unspecified atom stereocenters. The van der Waals surface area contributed by atoms with Gasteiger partial charge in [0.2, 0.25) is 11.7 Å². The third kappa shape index (κ3) is 3.66. The molecule has 28 heavy (non-hydrogen) atoms. The van der Waals surface area contributed by atoms with Crippen molar-refractivity contribution in [1.29, 1.82) is 0 Å². The van der Waals surface area contributed by atoms with Gasteiger partial charge in [0.15, 0.2) is 5.84 Å². The fraction of sp³-hybridized carbons (Fsp3) is 0.294. The smallest absolute Gasteiger partial charge is 0.380 e. The molecule has 0 aromatic carbocycles. The molecule has 2 aliphatic rings. The molecule has 8 nitrogen and oxygen atoms in total. The molecule has 0 aliphatic carbocycles. The van der Waals surface area contributed by atoms with E-state index in [2.05, 4.69) is 30.6 Å². The van der Waals surface area contributed by atoms with Crippen LogP contribution in [0, 0.1) is 5.92 Å². The van der Waals surface area contributed by atoms with Gasteiger partial charge in [0.05, 0.1) is 19.1 Å². The maximum Gasteiger partial charge on any atom is 0.433 e. The normalized spacial score (nSPS) is 22.6. The second-order valence-corrected chi connectivity index (χ2v) is 6.33. The Hall–Kier alpha value is -3.05. The molecule has 1 saturated heterocycles. The Morgan fingerprint density at radius 1 is 1.14 bits per heavy atom. The van der Waals surface area contributed by atoms with Crippen LogP contribution in [0.3, 0.4) is 0 Å². The van der Waals surface area contributed by atoms with Crippen LogP contribution in [0.2, 0.25) is 0 Å². The fourth-order valence-corrected chi connectivity index (χ4v) is 2.70. The number of nitrogens with two attached hydrogens (primary N) is 1. The number of guanidine groups is 1. The molecule has 0 spiro atoms. The number of alkyl halides is 3. The number of amidine groups is 1. The summed E-state index contributed by atoms with van der Waals surface area (Å²) >= 11 is 0. The van der Waals surface area contributed by atoms with E-state index in [1.54, 1.807) is 24.4 Å². The van der Waals surface area contributed by atoms with Crippen molar-refractivity contribution in [1.82, 2.24) is 15.3 Å². The first-order chi connectivity index (χ1) is 13.3. The fourth-order valence-electron chi connectivity index (χ4n) is 2.70. The predicted octanol–water partition coefficient (Wildman–Crippen LogP) is 1.57. The average molecular weight is 391 g/mol. The van der Waals surface area contributed by atoms with Gasteiger partial charge in [-0.1, -0.05) is 6.07 Å². The molecular weight excluding hydrogens is 375 g/mol. The van der Waals surface area contributed by atoms with Crippen molar-refractivity contribution in [3.8, 4) is 0 Å². The molecular formula is C17H16F3N7O. The van der Waals surface area contributed by atoms with Gasteiger partial charge in [-0.25, -0.2) is 9.98 Å². The van der Waals surface area contributed by atoms with Crippen LogP contribution in [-0.4, -0.2) is 40.8 Å². The highest BCUT2D eigenvalue weighted by molar-refractivity contribution is 6.12. The molecule has 2 aliphatic heterocycles. The van der Waals surface area contributed by atoms with Crippen molar-refractivity contribution in [2.75, 3.05) is 18.5 Å². The molecule has 0 saturated carbocycles. The van der Waals surface area contributed by atoms with Crippen molar-refractivity contribution in [2.45, 2.75) is 12.0 Å². The molecule has 4 heterocycles. The number of rotatable bonds is 3. The van der Waals surface area contributed by atoms with Gasteiger partial charge < -0.3 is 15.4 Å². The van der Waals surface area contributed by atoms with Crippen LogP contribution in [0.1, 0.15) is 11.4 Å². The summed E-state index contributed by atoms with van der Waals surface area (Å²) in [4.78, 5) is 16.4. The molecule has 4 rings (SSSR count). The van der Waals surface area contributed by atoms with Crippen LogP contribution >= 0.6 is 0 Å². The van der Waals surface area contributed by atoms with Gasteiger partial charge in [-0.15, -0.1) is 0 Å². The molecule has 0 bridgehead atoms. The second kappa shape index (κ2) is 6.84. The summed E-state index contributed by atoms with van der Waals surface area (Å²) in [5, 5.41) is 5.76. The van der Waals surface area contributed by atoms with Crippen LogP contribution in [-0.2, 0) is 10.9 Å². The summed E-state index contributed by atoms with van der Waals surface area (Å²) in [5.74, 6) is -0.964. The van der Waals surface area contributed by atoms with Crippen LogP contribution in [0.25, 0.3) is 0 Å². The van der Waals surface area contributed by atoms with E-state index in [1.165, 1.54) is 6.07 Å². The maximum atomic E-state index is 12.9. The first-order valence-corrected chi connectivity index (χ1v) is 8.38. The Morgan fingerprint density at radius 2 is 1.96 bits per heavy atom. The van der Waals surface area contributed by atoms with E-state index < -0.39 is 17.7 Å². The van der Waals surface area contributed by atoms with E-state index in [-0.39, 0.29) is 17.6 Å². The standard InChI is InChI=1S/C17H16F3N7O/c18-16(19,20)13-7-11(4-6-23-13)24-15-25-14(12-3-1-2-5-22-12)26-17(21,27-15)10-8-28-9-10/h1-7,10H,8-9,21H2,(H2,23,24,25,26,27). The van der Waals surface area contributed by atoms with E-state index in [4.69, 9.17) is 10.5 Å². The van der Waals surface area contributed by atoms with E-state index in [1.807, 2.05) is 0 Å². The van der Waals surface area contributed by atoms with Gasteiger partial charge in [-0.2, -0.15) is 13.2 Å². The minimum atomic E-state index is -4.55. The number of nitrogens with zero attached hydrogens (tertiary/aromatic N) is 4. The zero-order chi connectivity index (χ0) is 19.8. The molecule has 2 aromatic rings. The van der Waals surface area contributed by atoms with Gasteiger partial charge in [0.1, 0.15) is 11.4 Å². The van der Waals surface area contributed by atoms with Crippen molar-refractivity contribution < 1.29 is 17.9 Å². The predicted molar refractivity (Wildman–Crippen MR) is 95.4 cm³/mol. The maximum absolute atomic E-state index is 12.9. The summed E-state index contributed by atoms with van der Waals surface area (Å²) in [5.41, 5.74) is 6.05. The van der Waals surface area contributed by atoms with Gasteiger partial charge in [-0.05, 0) is 24.3 Å². The lowest BCUT2D eigenvalue weighted by Crippen LogP contribution is -2.58. The third-order valence-corrected chi connectivity index (χ3v) is 4.28. The Bertz CT molecular complexity index is 928.